The molecule has 1 fully saturated rings. The molecular formula is C34H39N3OSSi. The monoisotopic (exact) mass is 565 g/mol. The normalized spacial score (nSPS) is 14.5. The third-order valence-corrected chi connectivity index (χ3v) is 14.1. The fraction of sp³-hybridized carbons (Fsp3) is 0.353. The van der Waals surface area contributed by atoms with Gasteiger partial charge in [0.15, 0.2) is 0 Å². The number of nitrogens with zero attached hydrogens (tertiary/aromatic N) is 3. The Kier molecular flexibility index (Phi) is 8.28. The number of rotatable bonds is 10. The fourth-order valence-electron chi connectivity index (χ4n) is 5.84. The molecule has 1 aliphatic rings. The van der Waals surface area contributed by atoms with E-state index in [-0.39, 0.29) is 11.1 Å². The van der Waals surface area contributed by atoms with E-state index < -0.39 is 8.32 Å². The maximum Gasteiger partial charge on any atom is 0.261 e. The summed E-state index contributed by atoms with van der Waals surface area (Å²) < 4.78 is 7.36. The molecule has 1 heterocycles. The van der Waals surface area contributed by atoms with E-state index in [0.717, 1.165) is 35.5 Å². The van der Waals surface area contributed by atoms with Gasteiger partial charge in [-0.1, -0.05) is 87.5 Å². The van der Waals surface area contributed by atoms with Crippen LogP contribution in [0.5, 0.6) is 0 Å². The molecule has 0 spiro atoms. The van der Waals surface area contributed by atoms with Gasteiger partial charge in [-0.2, -0.15) is 5.26 Å². The Balaban J connectivity index is 1.45. The average Bonchev–Trinajstić information content (AvgIpc) is 3.71. The van der Waals surface area contributed by atoms with Crippen LogP contribution in [0.1, 0.15) is 58.2 Å². The van der Waals surface area contributed by atoms with E-state index in [1.54, 1.807) is 11.3 Å². The summed E-state index contributed by atoms with van der Waals surface area (Å²) in [5.41, 5.74) is 5.83. The number of benzene rings is 3. The lowest BCUT2D eigenvalue weighted by Crippen LogP contribution is -2.67. The van der Waals surface area contributed by atoms with Crippen LogP contribution in [0.25, 0.3) is 10.4 Å². The van der Waals surface area contributed by atoms with E-state index in [2.05, 4.69) is 116 Å². The van der Waals surface area contributed by atoms with E-state index in [1.165, 1.54) is 28.1 Å². The number of thiazole rings is 1. The van der Waals surface area contributed by atoms with Gasteiger partial charge >= 0.3 is 0 Å². The molecule has 6 heteroatoms. The van der Waals surface area contributed by atoms with Crippen LogP contribution in [0.3, 0.4) is 0 Å². The summed E-state index contributed by atoms with van der Waals surface area (Å²) in [6.07, 6.45) is 3.26. The molecule has 0 amide bonds. The molecule has 4 aromatic rings. The summed E-state index contributed by atoms with van der Waals surface area (Å²) in [7, 11) is -2.62. The van der Waals surface area contributed by atoms with Crippen molar-refractivity contribution in [1.29, 1.82) is 5.26 Å². The Labute approximate surface area is 244 Å². The fourth-order valence-corrected chi connectivity index (χ4v) is 11.4. The highest BCUT2D eigenvalue weighted by Gasteiger charge is 2.51. The summed E-state index contributed by atoms with van der Waals surface area (Å²) in [5.74, 6) is 0. The SMILES string of the molecule is Cc1ncsc1-c1ccc(C#N)c(N(CCC(C)O[Si](c2ccccc2)(c2ccccc2)C(C)(C)C)C2CC2)c1. The van der Waals surface area contributed by atoms with Crippen LogP contribution in [-0.2, 0) is 4.43 Å². The minimum Gasteiger partial charge on any atom is -0.405 e. The first kappa shape index (κ1) is 28.3. The molecule has 1 aromatic heterocycles. The van der Waals surface area contributed by atoms with Gasteiger partial charge in [0.1, 0.15) is 6.07 Å². The number of nitriles is 1. The number of anilines is 1. The molecule has 40 heavy (non-hydrogen) atoms. The standard InChI is InChI=1S/C34H39N3OSSi/c1-25(38-40(34(3,4)5,30-12-8-6-9-13-30)31-14-10-7-11-15-31)20-21-37(29-18-19-29)32-22-27(16-17-28(32)23-35)33-26(2)36-24-39-33/h6-17,22,24-25,29H,18-21H2,1-5H3. The second kappa shape index (κ2) is 11.7. The highest BCUT2D eigenvalue weighted by atomic mass is 32.1. The van der Waals surface area contributed by atoms with Gasteiger partial charge in [-0.25, -0.2) is 4.98 Å². The van der Waals surface area contributed by atoms with Crippen molar-refractivity contribution in [3.05, 3.63) is 95.6 Å². The summed E-state index contributed by atoms with van der Waals surface area (Å²) >= 11 is 1.66. The van der Waals surface area contributed by atoms with Crippen molar-refractivity contribution >= 4 is 35.7 Å². The molecule has 0 saturated heterocycles. The lowest BCUT2D eigenvalue weighted by Gasteiger charge is -2.45. The lowest BCUT2D eigenvalue weighted by atomic mass is 10.1. The zero-order valence-corrected chi connectivity index (χ0v) is 26.0. The molecule has 3 aromatic carbocycles. The van der Waals surface area contributed by atoms with Gasteiger partial charge in [-0.3, -0.25) is 0 Å². The second-order valence-electron chi connectivity index (χ2n) is 11.9. The van der Waals surface area contributed by atoms with Crippen LogP contribution in [0, 0.1) is 18.3 Å². The first-order valence-electron chi connectivity index (χ1n) is 14.2. The van der Waals surface area contributed by atoms with Gasteiger partial charge in [0.25, 0.3) is 8.32 Å². The molecule has 5 rings (SSSR count). The van der Waals surface area contributed by atoms with Crippen molar-refractivity contribution in [1.82, 2.24) is 4.98 Å². The Bertz CT molecular complexity index is 1430. The Morgan fingerprint density at radius 1 is 1.02 bits per heavy atom. The summed E-state index contributed by atoms with van der Waals surface area (Å²) in [4.78, 5) is 8.08. The van der Waals surface area contributed by atoms with Crippen molar-refractivity contribution in [2.24, 2.45) is 0 Å². The Morgan fingerprint density at radius 2 is 1.65 bits per heavy atom. The van der Waals surface area contributed by atoms with Crippen LogP contribution in [0.2, 0.25) is 5.04 Å². The predicted octanol–water partition coefficient (Wildman–Crippen LogP) is 7.31. The number of aryl methyl sites for hydroxylation is 1. The maximum absolute atomic E-state index is 10.0. The second-order valence-corrected chi connectivity index (χ2v) is 17.0. The topological polar surface area (TPSA) is 49.2 Å². The van der Waals surface area contributed by atoms with Crippen LogP contribution in [-0.4, -0.2) is 32.0 Å². The lowest BCUT2D eigenvalue weighted by molar-refractivity contribution is 0.198. The zero-order chi connectivity index (χ0) is 28.3. The maximum atomic E-state index is 10.0. The summed E-state index contributed by atoms with van der Waals surface area (Å²) in [5, 5.41) is 12.6. The van der Waals surface area contributed by atoms with Gasteiger partial charge in [-0.05, 0) is 66.2 Å². The molecule has 206 valence electrons. The first-order chi connectivity index (χ1) is 19.2. The van der Waals surface area contributed by atoms with Crippen molar-refractivity contribution < 1.29 is 4.43 Å². The van der Waals surface area contributed by atoms with Crippen molar-refractivity contribution in [2.45, 2.75) is 71.1 Å². The molecule has 0 N–H and O–H groups in total. The third kappa shape index (κ3) is 5.65. The van der Waals surface area contributed by atoms with Crippen LogP contribution < -0.4 is 15.3 Å². The van der Waals surface area contributed by atoms with E-state index in [1.807, 2.05) is 18.5 Å². The molecule has 1 unspecified atom stereocenters. The Morgan fingerprint density at radius 3 is 2.15 bits per heavy atom. The van der Waals surface area contributed by atoms with Gasteiger partial charge in [0.2, 0.25) is 0 Å². The molecule has 1 aliphatic carbocycles. The summed E-state index contributed by atoms with van der Waals surface area (Å²) in [6, 6.07) is 30.9. The van der Waals surface area contributed by atoms with E-state index >= 15 is 0 Å². The molecule has 1 saturated carbocycles. The van der Waals surface area contributed by atoms with Gasteiger partial charge in [0.05, 0.1) is 27.3 Å². The smallest absolute Gasteiger partial charge is 0.261 e. The van der Waals surface area contributed by atoms with E-state index in [4.69, 9.17) is 4.43 Å². The van der Waals surface area contributed by atoms with Gasteiger partial charge in [-0.15, -0.1) is 11.3 Å². The molecule has 0 aliphatic heterocycles. The summed E-state index contributed by atoms with van der Waals surface area (Å²) in [6.45, 7) is 12.1. The van der Waals surface area contributed by atoms with Crippen LogP contribution in [0.15, 0.2) is 84.4 Å². The van der Waals surface area contributed by atoms with Crippen LogP contribution >= 0.6 is 11.3 Å². The minimum atomic E-state index is -2.62. The highest BCUT2D eigenvalue weighted by molar-refractivity contribution is 7.13. The predicted molar refractivity (Wildman–Crippen MR) is 170 cm³/mol. The number of hydrogen-bond donors (Lipinski definition) is 0. The van der Waals surface area contributed by atoms with Crippen molar-refractivity contribution in [3.8, 4) is 16.5 Å². The average molecular weight is 566 g/mol. The molecule has 4 nitrogen and oxygen atoms in total. The first-order valence-corrected chi connectivity index (χ1v) is 17.0. The van der Waals surface area contributed by atoms with Gasteiger partial charge < -0.3 is 9.33 Å². The molecule has 0 radical (unpaired) electrons. The van der Waals surface area contributed by atoms with Crippen LogP contribution in [0.4, 0.5) is 5.69 Å². The van der Waals surface area contributed by atoms with E-state index in [0.29, 0.717) is 6.04 Å². The van der Waals surface area contributed by atoms with Crippen molar-refractivity contribution in [2.75, 3.05) is 11.4 Å². The van der Waals surface area contributed by atoms with Gasteiger partial charge in [0, 0.05) is 18.7 Å². The Hall–Kier alpha value is -3.24. The van der Waals surface area contributed by atoms with E-state index in [9.17, 15) is 5.26 Å². The highest BCUT2D eigenvalue weighted by Crippen LogP contribution is 2.40. The minimum absolute atomic E-state index is 0.0463. The van der Waals surface area contributed by atoms with Crippen molar-refractivity contribution in [3.63, 3.8) is 0 Å². The molecule has 0 bridgehead atoms. The molecular weight excluding hydrogens is 527 g/mol. The largest absolute Gasteiger partial charge is 0.405 e. The molecule has 1 atom stereocenters. The quantitative estimate of drug-likeness (QED) is 0.189. The number of aromatic nitrogens is 1. The zero-order valence-electron chi connectivity index (χ0n) is 24.2. The third-order valence-electron chi connectivity index (χ3n) is 7.99. The number of hydrogen-bond acceptors (Lipinski definition) is 5.